The Balaban J connectivity index is 2.89. The topological polar surface area (TPSA) is 88.8 Å². The van der Waals surface area contributed by atoms with E-state index in [9.17, 15) is 4.79 Å². The van der Waals surface area contributed by atoms with E-state index in [1.807, 2.05) is 30.3 Å². The average molecular weight is 340 g/mol. The van der Waals surface area contributed by atoms with Gasteiger partial charge >= 0.3 is 0 Å². The third-order valence-electron chi connectivity index (χ3n) is 3.75. The van der Waals surface area contributed by atoms with Gasteiger partial charge in [-0.2, -0.15) is 0 Å². The standard InChI is InChI=1S/C20H28N4O/c1-5-17(11-14(2)3)24-20(25)19(23-15(4)18(22)13-21)12-16-9-7-6-8-10-16/h5-10,13-14,17,19,21-23H,1,4,11-12H2,2-3H3,(H,24,25)/t17?,19-/m0/s1. The first kappa shape index (κ1) is 20.4. The molecule has 2 atom stereocenters. The summed E-state index contributed by atoms with van der Waals surface area (Å²) in [5, 5.41) is 20.8. The molecule has 1 amide bonds. The van der Waals surface area contributed by atoms with Gasteiger partial charge < -0.3 is 16.0 Å². The van der Waals surface area contributed by atoms with Crippen LogP contribution in [0.3, 0.4) is 0 Å². The number of benzene rings is 1. The van der Waals surface area contributed by atoms with Gasteiger partial charge in [-0.25, -0.2) is 0 Å². The van der Waals surface area contributed by atoms with Gasteiger partial charge in [0.05, 0.1) is 11.4 Å². The molecule has 0 aliphatic heterocycles. The zero-order chi connectivity index (χ0) is 18.8. The molecule has 1 aromatic rings. The maximum atomic E-state index is 12.8. The molecule has 0 fully saturated rings. The molecule has 25 heavy (non-hydrogen) atoms. The predicted octanol–water partition coefficient (Wildman–Crippen LogP) is 3.09. The number of carbonyl (C=O) groups is 1. The van der Waals surface area contributed by atoms with Crippen LogP contribution in [0, 0.1) is 16.7 Å². The summed E-state index contributed by atoms with van der Waals surface area (Å²) in [6.45, 7) is 11.7. The molecule has 1 aromatic carbocycles. The highest BCUT2D eigenvalue weighted by Crippen LogP contribution is 2.09. The van der Waals surface area contributed by atoms with Crippen molar-refractivity contribution in [1.29, 1.82) is 10.8 Å². The normalized spacial score (nSPS) is 12.8. The van der Waals surface area contributed by atoms with Crippen molar-refractivity contribution >= 4 is 17.8 Å². The van der Waals surface area contributed by atoms with Crippen LogP contribution in [-0.4, -0.2) is 29.9 Å². The second-order valence-electron chi connectivity index (χ2n) is 6.40. The molecule has 0 radical (unpaired) electrons. The first-order chi connectivity index (χ1) is 11.9. The molecule has 1 rings (SSSR count). The Morgan fingerprint density at radius 3 is 2.40 bits per heavy atom. The second-order valence-corrected chi connectivity index (χ2v) is 6.40. The summed E-state index contributed by atoms with van der Waals surface area (Å²) >= 11 is 0. The summed E-state index contributed by atoms with van der Waals surface area (Å²) in [7, 11) is 0. The van der Waals surface area contributed by atoms with Crippen LogP contribution in [0.5, 0.6) is 0 Å². The van der Waals surface area contributed by atoms with Crippen LogP contribution in [0.1, 0.15) is 25.8 Å². The maximum Gasteiger partial charge on any atom is 0.243 e. The largest absolute Gasteiger partial charge is 0.372 e. The summed E-state index contributed by atoms with van der Waals surface area (Å²) in [6.07, 6.45) is 3.91. The van der Waals surface area contributed by atoms with Crippen molar-refractivity contribution in [1.82, 2.24) is 10.6 Å². The molecule has 134 valence electrons. The minimum Gasteiger partial charge on any atom is -0.372 e. The van der Waals surface area contributed by atoms with Crippen molar-refractivity contribution in [3.63, 3.8) is 0 Å². The van der Waals surface area contributed by atoms with Crippen molar-refractivity contribution < 1.29 is 4.79 Å². The van der Waals surface area contributed by atoms with Crippen molar-refractivity contribution in [2.45, 2.75) is 38.8 Å². The number of hydrogen-bond acceptors (Lipinski definition) is 4. The average Bonchev–Trinajstić information content (AvgIpc) is 2.60. The molecule has 0 aliphatic carbocycles. The van der Waals surface area contributed by atoms with E-state index in [1.54, 1.807) is 6.08 Å². The number of allylic oxidation sites excluding steroid dienone is 1. The predicted molar refractivity (Wildman–Crippen MR) is 104 cm³/mol. The molecule has 1 unspecified atom stereocenters. The van der Waals surface area contributed by atoms with Crippen LogP contribution in [0.25, 0.3) is 0 Å². The van der Waals surface area contributed by atoms with Crippen molar-refractivity contribution in [3.8, 4) is 0 Å². The SMILES string of the molecule is C=CC(CC(C)C)NC(=O)[C@H](Cc1ccccc1)NC(=C)C(=N)C=N. The maximum absolute atomic E-state index is 12.8. The van der Waals surface area contributed by atoms with Gasteiger partial charge in [-0.15, -0.1) is 6.58 Å². The van der Waals surface area contributed by atoms with Crippen LogP contribution >= 0.6 is 0 Å². The number of amides is 1. The molecule has 0 spiro atoms. The van der Waals surface area contributed by atoms with Gasteiger partial charge in [-0.05, 0) is 17.9 Å². The Morgan fingerprint density at radius 2 is 1.88 bits per heavy atom. The van der Waals surface area contributed by atoms with Crippen LogP contribution in [0.15, 0.2) is 55.3 Å². The minimum atomic E-state index is -0.579. The van der Waals surface area contributed by atoms with Gasteiger partial charge in [0.25, 0.3) is 0 Å². The summed E-state index contributed by atoms with van der Waals surface area (Å²) in [5.41, 5.74) is 1.21. The van der Waals surface area contributed by atoms with E-state index < -0.39 is 6.04 Å². The zero-order valence-corrected chi connectivity index (χ0v) is 15.0. The van der Waals surface area contributed by atoms with Gasteiger partial charge in [-0.1, -0.05) is 56.8 Å². The Hall–Kier alpha value is -2.69. The molecule has 0 heterocycles. The Bertz CT molecular complexity index is 622. The lowest BCUT2D eigenvalue weighted by molar-refractivity contribution is -0.123. The summed E-state index contributed by atoms with van der Waals surface area (Å²) in [6, 6.07) is 8.98. The number of nitrogens with one attached hydrogen (secondary N) is 4. The Labute approximate surface area is 150 Å². The highest BCUT2D eigenvalue weighted by molar-refractivity contribution is 6.35. The second kappa shape index (κ2) is 10.2. The van der Waals surface area contributed by atoms with Crippen LogP contribution in [-0.2, 0) is 11.2 Å². The molecule has 0 saturated heterocycles. The third-order valence-corrected chi connectivity index (χ3v) is 3.75. The lowest BCUT2D eigenvalue weighted by atomic mass is 10.0. The van der Waals surface area contributed by atoms with Gasteiger partial charge in [-0.3, -0.25) is 10.2 Å². The first-order valence-electron chi connectivity index (χ1n) is 8.39. The van der Waals surface area contributed by atoms with Crippen molar-refractivity contribution in [2.24, 2.45) is 5.92 Å². The van der Waals surface area contributed by atoms with Gasteiger partial charge in [0, 0.05) is 18.7 Å². The lowest BCUT2D eigenvalue weighted by Gasteiger charge is -2.24. The molecule has 0 saturated carbocycles. The summed E-state index contributed by atoms with van der Waals surface area (Å²) in [5.74, 6) is 0.262. The van der Waals surface area contributed by atoms with Crippen LogP contribution in [0.4, 0.5) is 0 Å². The Kier molecular flexibility index (Phi) is 8.33. The molecular formula is C20H28N4O. The van der Waals surface area contributed by atoms with E-state index in [0.29, 0.717) is 12.3 Å². The molecule has 0 aliphatic rings. The highest BCUT2D eigenvalue weighted by atomic mass is 16.2. The van der Waals surface area contributed by atoms with E-state index >= 15 is 0 Å². The lowest BCUT2D eigenvalue weighted by Crippen LogP contribution is -2.49. The summed E-state index contributed by atoms with van der Waals surface area (Å²) in [4.78, 5) is 12.8. The van der Waals surface area contributed by atoms with Gasteiger partial charge in [0.2, 0.25) is 5.91 Å². The van der Waals surface area contributed by atoms with Crippen molar-refractivity contribution in [3.05, 3.63) is 60.8 Å². The van der Waals surface area contributed by atoms with E-state index in [1.165, 1.54) is 0 Å². The minimum absolute atomic E-state index is 0.0479. The highest BCUT2D eigenvalue weighted by Gasteiger charge is 2.22. The monoisotopic (exact) mass is 340 g/mol. The Morgan fingerprint density at radius 1 is 1.24 bits per heavy atom. The molecular weight excluding hydrogens is 312 g/mol. The third kappa shape index (κ3) is 7.16. The van der Waals surface area contributed by atoms with E-state index in [0.717, 1.165) is 18.2 Å². The van der Waals surface area contributed by atoms with E-state index in [2.05, 4.69) is 37.6 Å². The summed E-state index contributed by atoms with van der Waals surface area (Å²) < 4.78 is 0. The van der Waals surface area contributed by atoms with Crippen LogP contribution in [0.2, 0.25) is 0 Å². The number of rotatable bonds is 11. The van der Waals surface area contributed by atoms with E-state index in [4.69, 9.17) is 10.8 Å². The van der Waals surface area contributed by atoms with Gasteiger partial charge in [0.1, 0.15) is 6.04 Å². The fourth-order valence-electron chi connectivity index (χ4n) is 2.44. The van der Waals surface area contributed by atoms with Crippen molar-refractivity contribution in [2.75, 3.05) is 0 Å². The molecule has 0 bridgehead atoms. The molecule has 0 aromatic heterocycles. The number of carbonyl (C=O) groups excluding carboxylic acids is 1. The fraction of sp³-hybridized carbons (Fsp3) is 0.350. The smallest absolute Gasteiger partial charge is 0.243 e. The van der Waals surface area contributed by atoms with E-state index in [-0.39, 0.29) is 23.4 Å². The molecule has 4 N–H and O–H groups in total. The zero-order valence-electron chi connectivity index (χ0n) is 15.0. The molecule has 5 nitrogen and oxygen atoms in total. The fourth-order valence-corrected chi connectivity index (χ4v) is 2.44. The van der Waals surface area contributed by atoms with Crippen LogP contribution < -0.4 is 10.6 Å². The first-order valence-corrected chi connectivity index (χ1v) is 8.39. The quantitative estimate of drug-likeness (QED) is 0.368. The molecule has 5 heteroatoms. The number of hydrogen-bond donors (Lipinski definition) is 4. The van der Waals surface area contributed by atoms with Gasteiger partial charge in [0.15, 0.2) is 0 Å².